The first-order valence-corrected chi connectivity index (χ1v) is 10.3. The fraction of sp³-hybridized carbons (Fsp3) is 0.421. The molecule has 4 N–H and O–H groups in total. The van der Waals surface area contributed by atoms with Gasteiger partial charge in [0.05, 0.1) is 16.4 Å². The number of pyridine rings is 1. The van der Waals surface area contributed by atoms with E-state index in [9.17, 15) is 0 Å². The summed E-state index contributed by atoms with van der Waals surface area (Å²) in [5.74, 6) is 0. The first kappa shape index (κ1) is 19.2. The van der Waals surface area contributed by atoms with E-state index in [-0.39, 0.29) is 0 Å². The Kier molecular flexibility index (Phi) is 5.79. The number of allylic oxidation sites excluding steroid dienone is 1. The van der Waals surface area contributed by atoms with Gasteiger partial charge in [-0.25, -0.2) is 0 Å². The molecule has 1 saturated heterocycles. The van der Waals surface area contributed by atoms with Gasteiger partial charge in [-0.15, -0.1) is 0 Å². The van der Waals surface area contributed by atoms with Gasteiger partial charge in [-0.3, -0.25) is 15.3 Å². The zero-order valence-electron chi connectivity index (χ0n) is 15.6. The Morgan fingerprint density at radius 1 is 1.36 bits per heavy atom. The van der Waals surface area contributed by atoms with Crippen molar-refractivity contribution >= 4 is 40.3 Å². The second-order valence-corrected chi connectivity index (χ2v) is 7.86. The highest BCUT2D eigenvalue weighted by molar-refractivity contribution is 7.80. The van der Waals surface area contributed by atoms with E-state index in [0.717, 1.165) is 68.4 Å². The van der Waals surface area contributed by atoms with Gasteiger partial charge < -0.3 is 16.0 Å². The summed E-state index contributed by atoms with van der Waals surface area (Å²) >= 11 is 11.8. The van der Waals surface area contributed by atoms with Crippen LogP contribution in [0.2, 0.25) is 5.02 Å². The molecule has 4 rings (SSSR count). The molecule has 28 heavy (non-hydrogen) atoms. The number of fused-ring (bicyclic) bond motifs is 1. The van der Waals surface area contributed by atoms with E-state index in [1.54, 1.807) is 12.3 Å². The fourth-order valence-corrected chi connectivity index (χ4v) is 4.19. The normalized spacial score (nSPS) is 23.8. The van der Waals surface area contributed by atoms with Crippen molar-refractivity contribution in [2.45, 2.75) is 18.9 Å². The number of aromatic nitrogens is 1. The number of halogens is 1. The molecule has 1 aromatic rings. The Morgan fingerprint density at radius 3 is 2.96 bits per heavy atom. The number of anilines is 1. The lowest BCUT2D eigenvalue weighted by atomic mass is 10.0. The van der Waals surface area contributed by atoms with Crippen LogP contribution in [0.1, 0.15) is 18.5 Å². The molecule has 0 saturated carbocycles. The molecule has 9 heteroatoms. The maximum Gasteiger partial charge on any atom is 0.189 e. The van der Waals surface area contributed by atoms with Crippen LogP contribution in [0.25, 0.3) is 0 Å². The molecule has 1 aromatic heterocycles. The van der Waals surface area contributed by atoms with Gasteiger partial charge in [0, 0.05) is 57.1 Å². The van der Waals surface area contributed by atoms with Crippen LogP contribution >= 0.6 is 23.8 Å². The van der Waals surface area contributed by atoms with Gasteiger partial charge in [-0.2, -0.15) is 5.10 Å². The summed E-state index contributed by atoms with van der Waals surface area (Å²) in [6.45, 7) is 4.41. The molecule has 3 aliphatic rings. The quantitative estimate of drug-likeness (QED) is 0.501. The lowest BCUT2D eigenvalue weighted by molar-refractivity contribution is 0.152. The number of rotatable bonds is 2. The summed E-state index contributed by atoms with van der Waals surface area (Å²) in [5, 5.41) is 9.12. The van der Waals surface area contributed by atoms with Crippen LogP contribution in [-0.2, 0) is 0 Å². The van der Waals surface area contributed by atoms with Crippen molar-refractivity contribution in [3.05, 3.63) is 46.9 Å². The number of hydrogen-bond donors (Lipinski definition) is 3. The second kappa shape index (κ2) is 8.46. The lowest BCUT2D eigenvalue weighted by Crippen LogP contribution is -2.53. The second-order valence-electron chi connectivity index (χ2n) is 7.06. The van der Waals surface area contributed by atoms with Crippen LogP contribution in [-0.4, -0.2) is 64.4 Å². The molecule has 148 valence electrons. The molecule has 7 nitrogen and oxygen atoms in total. The minimum atomic E-state index is 0.385. The van der Waals surface area contributed by atoms with Crippen LogP contribution in [0.15, 0.2) is 41.3 Å². The lowest BCUT2D eigenvalue weighted by Gasteiger charge is -2.39. The molecule has 0 radical (unpaired) electrons. The van der Waals surface area contributed by atoms with Crippen LogP contribution in [0.4, 0.5) is 5.69 Å². The van der Waals surface area contributed by atoms with Crippen LogP contribution in [0, 0.1) is 0 Å². The number of nitrogens with one attached hydrogen (secondary N) is 2. The number of thiocarbonyl (C=S) groups is 1. The smallest absolute Gasteiger partial charge is 0.189 e. The van der Waals surface area contributed by atoms with Crippen LogP contribution < -0.4 is 16.5 Å². The van der Waals surface area contributed by atoms with E-state index in [0.29, 0.717) is 16.2 Å². The highest BCUT2D eigenvalue weighted by Gasteiger charge is 2.24. The van der Waals surface area contributed by atoms with Gasteiger partial charge in [-0.05, 0) is 36.9 Å². The van der Waals surface area contributed by atoms with Crippen molar-refractivity contribution in [1.82, 2.24) is 20.2 Å². The number of nitrogens with zero attached hydrogens (tertiary/aromatic N) is 4. The molecule has 0 aromatic carbocycles. The van der Waals surface area contributed by atoms with Gasteiger partial charge in [0.25, 0.3) is 0 Å². The third kappa shape index (κ3) is 4.14. The summed E-state index contributed by atoms with van der Waals surface area (Å²) < 4.78 is 0. The Morgan fingerprint density at radius 2 is 2.18 bits per heavy atom. The standard InChI is InChI=1S/C19H24ClN7S/c20-15-4-6-23-18-16(5-7-22-17(15)18)24-25-19(28)27-10-8-26(9-11-27)14-3-1-2-13(21)12-14/h1-2,4,6,12,14,22H,3,5,7-11,21H2,(H,25,28)/b24-16-. The Labute approximate surface area is 175 Å². The maximum absolute atomic E-state index is 6.25. The van der Waals surface area contributed by atoms with Gasteiger partial charge in [0.2, 0.25) is 0 Å². The average Bonchev–Trinajstić information content (AvgIpc) is 2.72. The van der Waals surface area contributed by atoms with E-state index in [1.165, 1.54) is 0 Å². The number of hydrazone groups is 1. The van der Waals surface area contributed by atoms with Gasteiger partial charge in [0.1, 0.15) is 5.69 Å². The zero-order valence-corrected chi connectivity index (χ0v) is 17.1. The first-order valence-electron chi connectivity index (χ1n) is 9.50. The molecule has 0 amide bonds. The summed E-state index contributed by atoms with van der Waals surface area (Å²) in [6.07, 6.45) is 9.75. The van der Waals surface area contributed by atoms with Crippen molar-refractivity contribution in [3.63, 3.8) is 0 Å². The minimum Gasteiger partial charge on any atom is -0.399 e. The molecule has 1 unspecified atom stereocenters. The number of piperazine rings is 1. The summed E-state index contributed by atoms with van der Waals surface area (Å²) in [6, 6.07) is 2.16. The van der Waals surface area contributed by atoms with Crippen molar-refractivity contribution in [2.24, 2.45) is 10.8 Å². The summed E-state index contributed by atoms with van der Waals surface area (Å²) in [4.78, 5) is 9.03. The minimum absolute atomic E-state index is 0.385. The first-order chi connectivity index (χ1) is 13.6. The number of nitrogens with two attached hydrogens (primary N) is 1. The summed E-state index contributed by atoms with van der Waals surface area (Å²) in [5.41, 5.74) is 12.3. The molecule has 1 atom stereocenters. The molecule has 1 aliphatic carbocycles. The van der Waals surface area contributed by atoms with Crippen molar-refractivity contribution in [3.8, 4) is 0 Å². The third-order valence-corrected chi connectivity index (χ3v) is 5.93. The maximum atomic E-state index is 6.25. The fourth-order valence-electron chi connectivity index (χ4n) is 3.74. The highest BCUT2D eigenvalue weighted by atomic mass is 35.5. The molecule has 0 bridgehead atoms. The van der Waals surface area contributed by atoms with E-state index in [1.807, 2.05) is 6.08 Å². The monoisotopic (exact) mass is 417 g/mol. The van der Waals surface area contributed by atoms with E-state index in [4.69, 9.17) is 29.6 Å². The van der Waals surface area contributed by atoms with Crippen LogP contribution in [0.5, 0.6) is 0 Å². The molecule has 2 aliphatic heterocycles. The molecular weight excluding hydrogens is 394 g/mol. The largest absolute Gasteiger partial charge is 0.399 e. The SMILES string of the molecule is NC1=CC(N2CCN(C(=S)N/N=C3/CCNc4c(Cl)ccnc43)CC2)CC=C1. The zero-order chi connectivity index (χ0) is 19.5. The van der Waals surface area contributed by atoms with E-state index < -0.39 is 0 Å². The average molecular weight is 418 g/mol. The Hall–Kier alpha value is -2.16. The van der Waals surface area contributed by atoms with Crippen molar-refractivity contribution in [2.75, 3.05) is 38.0 Å². The van der Waals surface area contributed by atoms with Crippen molar-refractivity contribution < 1.29 is 0 Å². The number of hydrogen-bond acceptors (Lipinski definition) is 6. The Bertz CT molecular complexity index is 843. The highest BCUT2D eigenvalue weighted by Crippen LogP contribution is 2.28. The van der Waals surface area contributed by atoms with E-state index >= 15 is 0 Å². The predicted molar refractivity (Wildman–Crippen MR) is 118 cm³/mol. The predicted octanol–water partition coefficient (Wildman–Crippen LogP) is 1.92. The molecule has 0 spiro atoms. The molecule has 3 heterocycles. The molecular formula is C19H24ClN7S. The molecule has 1 fully saturated rings. The van der Waals surface area contributed by atoms with Gasteiger partial charge >= 0.3 is 0 Å². The summed E-state index contributed by atoms with van der Waals surface area (Å²) in [7, 11) is 0. The van der Waals surface area contributed by atoms with Gasteiger partial charge in [-0.1, -0.05) is 17.7 Å². The Balaban J connectivity index is 1.34. The van der Waals surface area contributed by atoms with Gasteiger partial charge in [0.15, 0.2) is 5.11 Å². The topological polar surface area (TPSA) is 81.8 Å². The third-order valence-electron chi connectivity index (χ3n) is 5.27. The van der Waals surface area contributed by atoms with E-state index in [2.05, 4.69) is 42.8 Å². The van der Waals surface area contributed by atoms with Crippen molar-refractivity contribution in [1.29, 1.82) is 0 Å². The van der Waals surface area contributed by atoms with Crippen LogP contribution in [0.3, 0.4) is 0 Å².